The number of fused-ring (bicyclic) bond motifs is 3. The maximum absolute atomic E-state index is 14.7. The largest absolute Gasteiger partial charge is 0.459 e. The molecule has 3 fully saturated rings. The van der Waals surface area contributed by atoms with Gasteiger partial charge in [-0.05, 0) is 89.0 Å². The Labute approximate surface area is 318 Å². The number of amides is 3. The Kier molecular flexibility index (Phi) is 10.3. The lowest BCUT2D eigenvalue weighted by Crippen LogP contribution is -2.58. The molecular weight excluding hydrogens is 705 g/mol. The van der Waals surface area contributed by atoms with Crippen LogP contribution in [-0.2, 0) is 24.4 Å². The van der Waals surface area contributed by atoms with Crippen LogP contribution in [0.4, 0.5) is 5.69 Å². The Morgan fingerprint density at radius 1 is 1.02 bits per heavy atom. The summed E-state index contributed by atoms with van der Waals surface area (Å²) in [4.78, 5) is 49.7. The molecule has 0 unspecified atom stereocenters. The van der Waals surface area contributed by atoms with Crippen molar-refractivity contribution in [3.63, 3.8) is 0 Å². The molecule has 2 saturated carbocycles. The molecule has 5 atom stereocenters. The van der Waals surface area contributed by atoms with Crippen LogP contribution in [0.1, 0.15) is 110 Å². The Bertz CT molecular complexity index is 2040. The van der Waals surface area contributed by atoms with Crippen molar-refractivity contribution in [1.82, 2.24) is 24.5 Å². The summed E-state index contributed by atoms with van der Waals surface area (Å²) in [5.74, 6) is -1.61. The van der Waals surface area contributed by atoms with Gasteiger partial charge in [0, 0.05) is 24.1 Å². The van der Waals surface area contributed by atoms with Crippen molar-refractivity contribution in [2.75, 3.05) is 11.9 Å². The summed E-state index contributed by atoms with van der Waals surface area (Å²) >= 11 is 0. The van der Waals surface area contributed by atoms with E-state index in [1.165, 1.54) is 0 Å². The molecule has 2 aliphatic carbocycles. The van der Waals surface area contributed by atoms with Gasteiger partial charge in [0.25, 0.3) is 11.9 Å². The van der Waals surface area contributed by atoms with E-state index in [0.717, 1.165) is 48.0 Å². The molecule has 3 heterocycles. The number of aromatic nitrogens is 2. The maximum Gasteiger partial charge on any atom is 0.297 e. The lowest BCUT2D eigenvalue weighted by atomic mass is 10.0. The van der Waals surface area contributed by atoms with E-state index in [2.05, 4.69) is 53.7 Å². The molecule has 0 radical (unpaired) electrons. The van der Waals surface area contributed by atoms with E-state index in [1.54, 1.807) is 11.8 Å². The molecule has 1 saturated heterocycles. The molecule has 3 N–H and O–H groups in total. The van der Waals surface area contributed by atoms with E-state index >= 15 is 0 Å². The molecule has 1 aromatic heterocycles. The zero-order valence-electron chi connectivity index (χ0n) is 32.0. The predicted octanol–water partition coefficient (Wildman–Crippen LogP) is 5.96. The highest BCUT2D eigenvalue weighted by Crippen LogP contribution is 2.47. The molecule has 0 spiro atoms. The van der Waals surface area contributed by atoms with Crippen LogP contribution >= 0.6 is 0 Å². The molecular formula is C41H54N6O6S. The van der Waals surface area contributed by atoms with Gasteiger partial charge in [0.15, 0.2) is 0 Å². The fraction of sp³-hybridized carbons (Fsp3) is 0.561. The van der Waals surface area contributed by atoms with E-state index in [-0.39, 0.29) is 43.2 Å². The molecule has 290 valence electrons. The SMILES string of the molecule is CC(C)c1cccc2c1nc(O[C@@H]1C[C@H]3C(=O)N[C@]4(C(=O)NS(=O)(=O)C5(C)CC5)C[C@H]4/C=C\CCCCC[C@H](Nc4ccccc4)C(=O)N3C1)n2C(C)C. The highest BCUT2D eigenvalue weighted by atomic mass is 32.2. The summed E-state index contributed by atoms with van der Waals surface area (Å²) in [5, 5.41) is 6.42. The summed E-state index contributed by atoms with van der Waals surface area (Å²) in [6.07, 6.45) is 8.69. The van der Waals surface area contributed by atoms with Crippen molar-refractivity contribution in [1.29, 1.82) is 0 Å². The first-order valence-corrected chi connectivity index (χ1v) is 21.1. The van der Waals surface area contributed by atoms with Gasteiger partial charge < -0.3 is 20.3 Å². The van der Waals surface area contributed by atoms with Gasteiger partial charge in [-0.1, -0.05) is 69.2 Å². The summed E-state index contributed by atoms with van der Waals surface area (Å²) in [7, 11) is -3.94. The summed E-state index contributed by atoms with van der Waals surface area (Å²) in [6, 6.07) is 14.6. The third-order valence-electron chi connectivity index (χ3n) is 11.7. The van der Waals surface area contributed by atoms with Crippen LogP contribution in [0.3, 0.4) is 0 Å². The molecule has 54 heavy (non-hydrogen) atoms. The lowest BCUT2D eigenvalue weighted by molar-refractivity contribution is -0.140. The highest BCUT2D eigenvalue weighted by molar-refractivity contribution is 7.91. The monoisotopic (exact) mass is 758 g/mol. The molecule has 0 bridgehead atoms. The van der Waals surface area contributed by atoms with Crippen LogP contribution in [0.2, 0.25) is 0 Å². The molecule has 2 aromatic carbocycles. The average molecular weight is 759 g/mol. The second-order valence-corrected chi connectivity index (χ2v) is 18.7. The number of nitrogens with one attached hydrogen (secondary N) is 3. The average Bonchev–Trinajstić information content (AvgIpc) is 3.95. The Morgan fingerprint density at radius 3 is 2.48 bits per heavy atom. The van der Waals surface area contributed by atoms with E-state index in [1.807, 2.05) is 54.6 Å². The van der Waals surface area contributed by atoms with Crippen LogP contribution in [0.15, 0.2) is 60.7 Å². The molecule has 7 rings (SSSR count). The van der Waals surface area contributed by atoms with Crippen molar-refractivity contribution in [3.05, 3.63) is 66.2 Å². The number of imidazole rings is 1. The molecule has 2 aliphatic heterocycles. The lowest BCUT2D eigenvalue weighted by Gasteiger charge is -2.30. The van der Waals surface area contributed by atoms with Gasteiger partial charge in [0.2, 0.25) is 21.8 Å². The van der Waals surface area contributed by atoms with Gasteiger partial charge in [-0.15, -0.1) is 0 Å². The third-order valence-corrected chi connectivity index (χ3v) is 13.9. The van der Waals surface area contributed by atoms with Gasteiger partial charge >= 0.3 is 0 Å². The fourth-order valence-corrected chi connectivity index (χ4v) is 9.31. The second kappa shape index (κ2) is 14.7. The number of carbonyl (C=O) groups is 3. The van der Waals surface area contributed by atoms with Gasteiger partial charge in [-0.3, -0.25) is 23.7 Å². The Morgan fingerprint density at radius 2 is 1.78 bits per heavy atom. The van der Waals surface area contributed by atoms with Gasteiger partial charge in [0.05, 0.1) is 22.3 Å². The summed E-state index contributed by atoms with van der Waals surface area (Å²) in [6.45, 7) is 10.2. The van der Waals surface area contributed by atoms with Gasteiger partial charge in [0.1, 0.15) is 23.7 Å². The van der Waals surface area contributed by atoms with Crippen molar-refractivity contribution in [3.8, 4) is 6.01 Å². The predicted molar refractivity (Wildman–Crippen MR) is 209 cm³/mol. The van der Waals surface area contributed by atoms with Crippen molar-refractivity contribution < 1.29 is 27.5 Å². The van der Waals surface area contributed by atoms with Gasteiger partial charge in [-0.25, -0.2) is 8.42 Å². The molecule has 4 aliphatic rings. The third kappa shape index (κ3) is 7.35. The van der Waals surface area contributed by atoms with Crippen LogP contribution in [0.5, 0.6) is 6.01 Å². The topological polar surface area (TPSA) is 152 Å². The number of hydrogen-bond donors (Lipinski definition) is 3. The van der Waals surface area contributed by atoms with Crippen molar-refractivity contribution >= 4 is 44.5 Å². The maximum atomic E-state index is 14.7. The van der Waals surface area contributed by atoms with Gasteiger partial charge in [-0.2, -0.15) is 4.98 Å². The number of benzene rings is 2. The first-order chi connectivity index (χ1) is 25.7. The number of sulfonamides is 1. The number of ether oxygens (including phenoxy) is 1. The number of allylic oxidation sites excluding steroid dienone is 1. The second-order valence-electron chi connectivity index (χ2n) is 16.5. The zero-order valence-corrected chi connectivity index (χ0v) is 32.8. The number of para-hydroxylation sites is 2. The smallest absolute Gasteiger partial charge is 0.297 e. The minimum Gasteiger partial charge on any atom is -0.459 e. The number of carbonyl (C=O) groups excluding carboxylic acids is 3. The Hall–Kier alpha value is -4.39. The first kappa shape index (κ1) is 37.9. The number of hydrogen-bond acceptors (Lipinski definition) is 8. The normalized spacial score (nSPS) is 27.7. The minimum absolute atomic E-state index is 0.0241. The van der Waals surface area contributed by atoms with Crippen molar-refractivity contribution in [2.24, 2.45) is 5.92 Å². The van der Waals surface area contributed by atoms with Crippen LogP contribution in [-0.4, -0.2) is 75.6 Å². The van der Waals surface area contributed by atoms with E-state index in [9.17, 15) is 22.8 Å². The minimum atomic E-state index is -3.94. The van der Waals surface area contributed by atoms with E-state index in [0.29, 0.717) is 25.3 Å². The van der Waals surface area contributed by atoms with Crippen LogP contribution in [0.25, 0.3) is 11.0 Å². The fourth-order valence-electron chi connectivity index (χ4n) is 8.00. The van der Waals surface area contributed by atoms with Crippen molar-refractivity contribution in [2.45, 2.75) is 133 Å². The quantitative estimate of drug-likeness (QED) is 0.226. The van der Waals surface area contributed by atoms with Crippen LogP contribution < -0.4 is 20.1 Å². The van der Waals surface area contributed by atoms with E-state index < -0.39 is 50.3 Å². The Balaban J connectivity index is 1.22. The number of anilines is 1. The number of rotatable bonds is 9. The van der Waals surface area contributed by atoms with E-state index in [4.69, 9.17) is 9.72 Å². The summed E-state index contributed by atoms with van der Waals surface area (Å²) in [5.41, 5.74) is 2.28. The zero-order chi connectivity index (χ0) is 38.4. The number of nitrogens with zero attached hydrogens (tertiary/aromatic N) is 3. The summed E-state index contributed by atoms with van der Waals surface area (Å²) < 4.78 is 36.4. The van der Waals surface area contributed by atoms with Crippen LogP contribution in [0, 0.1) is 5.92 Å². The molecule has 3 aromatic rings. The first-order valence-electron chi connectivity index (χ1n) is 19.6. The molecule has 13 heteroatoms. The standard InChI is InChI=1S/C41H54N6O6S/c1-26(2)31-18-14-20-33-35(31)43-39(47(33)27(3)4)53-30-23-34-36(48)44-41(38(50)45-54(51,52)40(5)21-22-40)24-28(41)15-10-7-6-8-13-19-32(37(49)46(34)25-30)42-29-16-11-9-12-17-29/h9-12,14-18,20,26-28,30,32,34,42H,6-8,13,19,21-25H2,1-5H3,(H,44,48)(H,45,50)/b15-10-/t28-,30-,32+,34+,41-/m1/s1. The highest BCUT2D eigenvalue weighted by Gasteiger charge is 2.63. The molecule has 12 nitrogen and oxygen atoms in total. The molecule has 3 amide bonds.